The minimum absolute atomic E-state index is 0.129. The van der Waals surface area contributed by atoms with Crippen molar-refractivity contribution in [3.8, 4) is 5.75 Å². The summed E-state index contributed by atoms with van der Waals surface area (Å²) in [7, 11) is 1.48. The molecule has 1 atom stereocenters. The first-order chi connectivity index (χ1) is 11.7. The minimum Gasteiger partial charge on any atom is -0.497 e. The molecule has 2 rings (SSSR count). The Morgan fingerprint density at radius 3 is 2.48 bits per heavy atom. The first-order valence-electron chi connectivity index (χ1n) is 7.81. The highest BCUT2D eigenvalue weighted by Crippen LogP contribution is 2.23. The molecular formula is C18H23FN2O3S. The van der Waals surface area contributed by atoms with Crippen molar-refractivity contribution in [1.82, 2.24) is 9.62 Å². The summed E-state index contributed by atoms with van der Waals surface area (Å²) in [6, 6.07) is 10.7. The van der Waals surface area contributed by atoms with Crippen LogP contribution in [0.2, 0.25) is 0 Å². The lowest BCUT2D eigenvalue weighted by Gasteiger charge is -2.25. The van der Waals surface area contributed by atoms with E-state index in [9.17, 15) is 12.8 Å². The Hall–Kier alpha value is -1.96. The van der Waals surface area contributed by atoms with Gasteiger partial charge in [-0.05, 0) is 62.5 Å². The average molecular weight is 366 g/mol. The van der Waals surface area contributed by atoms with Gasteiger partial charge in [-0.15, -0.1) is 0 Å². The number of hydrogen-bond donors (Lipinski definition) is 1. The van der Waals surface area contributed by atoms with Crippen molar-refractivity contribution in [2.75, 3.05) is 27.7 Å². The van der Waals surface area contributed by atoms with Crippen LogP contribution >= 0.6 is 0 Å². The predicted octanol–water partition coefficient (Wildman–Crippen LogP) is 2.72. The number of rotatable bonds is 7. The number of nitrogens with zero attached hydrogens (tertiary/aromatic N) is 1. The van der Waals surface area contributed by atoms with Gasteiger partial charge in [0.05, 0.1) is 12.0 Å². The molecule has 1 N–H and O–H groups in total. The number of hydrogen-bond acceptors (Lipinski definition) is 4. The summed E-state index contributed by atoms with van der Waals surface area (Å²) in [4.78, 5) is 2.04. The van der Waals surface area contributed by atoms with E-state index < -0.39 is 10.0 Å². The molecule has 0 heterocycles. The van der Waals surface area contributed by atoms with Gasteiger partial charge in [0.25, 0.3) is 0 Å². The monoisotopic (exact) mass is 366 g/mol. The van der Waals surface area contributed by atoms with Crippen molar-refractivity contribution in [3.63, 3.8) is 0 Å². The summed E-state index contributed by atoms with van der Waals surface area (Å²) in [5.41, 5.74) is 1.30. The van der Waals surface area contributed by atoms with Gasteiger partial charge in [-0.25, -0.2) is 17.5 Å². The van der Waals surface area contributed by atoms with Crippen LogP contribution in [-0.2, 0) is 10.0 Å². The quantitative estimate of drug-likeness (QED) is 0.819. The first-order valence-corrected chi connectivity index (χ1v) is 9.29. The average Bonchev–Trinajstić information content (AvgIpc) is 2.54. The number of halogens is 1. The van der Waals surface area contributed by atoms with Gasteiger partial charge in [-0.1, -0.05) is 12.1 Å². The Balaban J connectivity index is 2.22. The number of ether oxygens (including phenoxy) is 1. The molecule has 0 radical (unpaired) electrons. The molecule has 0 aliphatic heterocycles. The molecular weight excluding hydrogens is 343 g/mol. The van der Waals surface area contributed by atoms with Crippen LogP contribution in [0, 0.1) is 12.7 Å². The Morgan fingerprint density at radius 1 is 1.20 bits per heavy atom. The fraction of sp³-hybridized carbons (Fsp3) is 0.333. The predicted molar refractivity (Wildman–Crippen MR) is 95.7 cm³/mol. The van der Waals surface area contributed by atoms with Crippen LogP contribution in [0.15, 0.2) is 47.4 Å². The molecule has 0 aromatic heterocycles. The number of benzene rings is 2. The van der Waals surface area contributed by atoms with E-state index in [0.29, 0.717) is 16.9 Å². The van der Waals surface area contributed by atoms with Crippen molar-refractivity contribution >= 4 is 10.0 Å². The van der Waals surface area contributed by atoms with Crippen LogP contribution in [0.25, 0.3) is 0 Å². The van der Waals surface area contributed by atoms with Crippen LogP contribution in [-0.4, -0.2) is 41.1 Å². The molecule has 0 aliphatic rings. The Labute approximate surface area is 148 Å². The summed E-state index contributed by atoms with van der Waals surface area (Å²) < 4.78 is 46.5. The second-order valence-electron chi connectivity index (χ2n) is 6.02. The molecule has 0 amide bonds. The van der Waals surface area contributed by atoms with Gasteiger partial charge < -0.3 is 9.64 Å². The van der Waals surface area contributed by atoms with Gasteiger partial charge in [-0.2, -0.15) is 0 Å². The van der Waals surface area contributed by atoms with Crippen LogP contribution < -0.4 is 9.46 Å². The molecule has 0 bridgehead atoms. The van der Waals surface area contributed by atoms with E-state index in [0.717, 1.165) is 0 Å². The molecule has 0 spiro atoms. The molecule has 0 saturated heterocycles. The number of likely N-dealkylation sites (N-methyl/N-ethyl adjacent to an activating group) is 1. The zero-order chi connectivity index (χ0) is 18.6. The number of aryl methyl sites for hydroxylation is 1. The molecule has 0 fully saturated rings. The maximum Gasteiger partial charge on any atom is 0.240 e. The number of methoxy groups -OCH3 is 1. The Morgan fingerprint density at radius 2 is 1.92 bits per heavy atom. The van der Waals surface area contributed by atoms with E-state index in [1.54, 1.807) is 31.2 Å². The molecule has 25 heavy (non-hydrogen) atoms. The lowest BCUT2D eigenvalue weighted by molar-refractivity contribution is 0.299. The molecule has 1 unspecified atom stereocenters. The highest BCUT2D eigenvalue weighted by molar-refractivity contribution is 7.89. The van der Waals surface area contributed by atoms with Crippen molar-refractivity contribution in [2.45, 2.75) is 17.9 Å². The highest BCUT2D eigenvalue weighted by Gasteiger charge is 2.21. The zero-order valence-corrected chi connectivity index (χ0v) is 15.6. The third-order valence-corrected chi connectivity index (χ3v) is 5.58. The van der Waals surface area contributed by atoms with E-state index in [1.165, 1.54) is 25.3 Å². The van der Waals surface area contributed by atoms with Crippen molar-refractivity contribution in [2.24, 2.45) is 0 Å². The standard InChI is InChI=1S/C18H23FN2O3S/c1-13-10-16(24-4)8-9-18(13)25(22,23)20-12-17(21(2)3)14-6-5-7-15(19)11-14/h5-11,17,20H,12H2,1-4H3. The van der Waals surface area contributed by atoms with Crippen LogP contribution in [0.3, 0.4) is 0 Å². The topological polar surface area (TPSA) is 58.6 Å². The lowest BCUT2D eigenvalue weighted by Crippen LogP contribution is -2.34. The maximum absolute atomic E-state index is 13.5. The van der Waals surface area contributed by atoms with Crippen LogP contribution in [0.5, 0.6) is 5.75 Å². The van der Waals surface area contributed by atoms with E-state index in [1.807, 2.05) is 19.0 Å². The van der Waals surface area contributed by atoms with Gasteiger partial charge in [-0.3, -0.25) is 0 Å². The van der Waals surface area contributed by atoms with Crippen molar-refractivity contribution in [1.29, 1.82) is 0 Å². The molecule has 7 heteroatoms. The van der Waals surface area contributed by atoms with E-state index >= 15 is 0 Å². The van der Waals surface area contributed by atoms with Gasteiger partial charge in [0.1, 0.15) is 11.6 Å². The molecule has 5 nitrogen and oxygen atoms in total. The summed E-state index contributed by atoms with van der Waals surface area (Å²) in [5.74, 6) is 0.251. The third kappa shape index (κ3) is 4.78. The minimum atomic E-state index is -3.69. The van der Waals surface area contributed by atoms with Gasteiger partial charge in [0, 0.05) is 12.6 Å². The van der Waals surface area contributed by atoms with E-state index in [-0.39, 0.29) is 23.3 Å². The summed E-state index contributed by atoms with van der Waals surface area (Å²) in [6.07, 6.45) is 0. The highest BCUT2D eigenvalue weighted by atomic mass is 32.2. The first kappa shape index (κ1) is 19.4. The van der Waals surface area contributed by atoms with Gasteiger partial charge >= 0.3 is 0 Å². The largest absolute Gasteiger partial charge is 0.497 e. The smallest absolute Gasteiger partial charge is 0.240 e. The number of sulfonamides is 1. The zero-order valence-electron chi connectivity index (χ0n) is 14.8. The Bertz CT molecular complexity index is 838. The molecule has 2 aromatic carbocycles. The normalized spacial score (nSPS) is 13.0. The molecule has 0 aliphatic carbocycles. The number of nitrogens with one attached hydrogen (secondary N) is 1. The van der Waals surface area contributed by atoms with E-state index in [2.05, 4.69) is 4.72 Å². The van der Waals surface area contributed by atoms with Crippen molar-refractivity contribution in [3.05, 3.63) is 59.4 Å². The molecule has 136 valence electrons. The molecule has 2 aromatic rings. The molecule has 0 saturated carbocycles. The van der Waals surface area contributed by atoms with Gasteiger partial charge in [0.2, 0.25) is 10.0 Å². The third-order valence-electron chi connectivity index (χ3n) is 4.00. The fourth-order valence-corrected chi connectivity index (χ4v) is 3.89. The lowest BCUT2D eigenvalue weighted by atomic mass is 10.1. The Kier molecular flexibility index (Phi) is 6.16. The maximum atomic E-state index is 13.5. The summed E-state index contributed by atoms with van der Waals surface area (Å²) in [6.45, 7) is 1.84. The van der Waals surface area contributed by atoms with E-state index in [4.69, 9.17) is 4.74 Å². The summed E-state index contributed by atoms with van der Waals surface area (Å²) >= 11 is 0. The second kappa shape index (κ2) is 7.95. The summed E-state index contributed by atoms with van der Waals surface area (Å²) in [5, 5.41) is 0. The van der Waals surface area contributed by atoms with Crippen LogP contribution in [0.1, 0.15) is 17.2 Å². The second-order valence-corrected chi connectivity index (χ2v) is 7.75. The van der Waals surface area contributed by atoms with Crippen LogP contribution in [0.4, 0.5) is 4.39 Å². The van der Waals surface area contributed by atoms with Gasteiger partial charge in [0.15, 0.2) is 0 Å². The van der Waals surface area contributed by atoms with Crippen molar-refractivity contribution < 1.29 is 17.5 Å². The SMILES string of the molecule is COc1ccc(S(=O)(=O)NCC(c2cccc(F)c2)N(C)C)c(C)c1. The fourth-order valence-electron chi connectivity index (χ4n) is 2.63.